The van der Waals surface area contributed by atoms with Crippen molar-refractivity contribution >= 4 is 21.8 Å². The molecule has 0 fully saturated rings. The molecule has 0 radical (unpaired) electrons. The average molecular weight is 303 g/mol. The monoisotopic (exact) mass is 303 g/mol. The maximum Gasteiger partial charge on any atom is 0.240 e. The van der Waals surface area contributed by atoms with Gasteiger partial charge in [0.25, 0.3) is 0 Å². The molecule has 1 rings (SSSR count). The van der Waals surface area contributed by atoms with Crippen molar-refractivity contribution in [3.8, 4) is 0 Å². The van der Waals surface area contributed by atoms with Gasteiger partial charge in [0.1, 0.15) is 0 Å². The second-order valence-corrected chi connectivity index (χ2v) is 7.52. The summed E-state index contributed by atoms with van der Waals surface area (Å²) in [6.45, 7) is 4.18. The molecule has 6 heteroatoms. The maximum atomic E-state index is 12.1. The highest BCUT2D eigenvalue weighted by Gasteiger charge is 2.15. The van der Waals surface area contributed by atoms with E-state index in [0.717, 1.165) is 12.0 Å². The summed E-state index contributed by atoms with van der Waals surface area (Å²) in [6.07, 6.45) is 2.80. The quantitative estimate of drug-likeness (QED) is 0.807. The van der Waals surface area contributed by atoms with Crippen LogP contribution < -0.4 is 4.72 Å². The number of nitrogens with one attached hydrogen (secondary N) is 1. The Balaban J connectivity index is 2.77. The Kier molecular flexibility index (Phi) is 6.32. The van der Waals surface area contributed by atoms with Crippen LogP contribution in [0.1, 0.15) is 24.5 Å². The van der Waals surface area contributed by atoms with Crippen molar-refractivity contribution in [3.05, 3.63) is 29.3 Å². The molecule has 1 aromatic carbocycles. The predicted molar refractivity (Wildman–Crippen MR) is 79.9 cm³/mol. The fourth-order valence-corrected chi connectivity index (χ4v) is 3.03. The zero-order valence-electron chi connectivity index (χ0n) is 11.5. The van der Waals surface area contributed by atoms with Crippen LogP contribution in [0.15, 0.2) is 23.1 Å². The molecule has 2 N–H and O–H groups in total. The molecule has 0 aliphatic rings. The fraction of sp³-hybridized carbons (Fsp3) is 0.538. The highest BCUT2D eigenvalue weighted by Crippen LogP contribution is 2.16. The first kappa shape index (κ1) is 16.5. The molecular formula is C13H21NO3S2. The van der Waals surface area contributed by atoms with Gasteiger partial charge in [-0.15, -0.1) is 0 Å². The van der Waals surface area contributed by atoms with Gasteiger partial charge < -0.3 is 5.11 Å². The van der Waals surface area contributed by atoms with E-state index in [-0.39, 0.29) is 11.5 Å². The number of sulfonamides is 1. The molecule has 1 aromatic rings. The van der Waals surface area contributed by atoms with Gasteiger partial charge in [-0.1, -0.05) is 13.0 Å². The number of thioether (sulfide) groups is 1. The largest absolute Gasteiger partial charge is 0.392 e. The average Bonchev–Trinajstić information content (AvgIpc) is 2.38. The van der Waals surface area contributed by atoms with Crippen molar-refractivity contribution in [1.29, 1.82) is 0 Å². The lowest BCUT2D eigenvalue weighted by Crippen LogP contribution is -2.26. The van der Waals surface area contributed by atoms with Crippen LogP contribution >= 0.6 is 11.8 Å². The Hall–Kier alpha value is -0.560. The number of hydrogen-bond acceptors (Lipinski definition) is 4. The molecule has 1 atom stereocenters. The van der Waals surface area contributed by atoms with Crippen molar-refractivity contribution < 1.29 is 13.5 Å². The van der Waals surface area contributed by atoms with Gasteiger partial charge >= 0.3 is 0 Å². The van der Waals surface area contributed by atoms with E-state index in [9.17, 15) is 13.5 Å². The number of rotatable bonds is 7. The summed E-state index contributed by atoms with van der Waals surface area (Å²) in [5, 5.41) is 9.60. The summed E-state index contributed by atoms with van der Waals surface area (Å²) in [7, 11) is -3.48. The van der Waals surface area contributed by atoms with Gasteiger partial charge in [-0.2, -0.15) is 11.8 Å². The van der Waals surface area contributed by atoms with Crippen LogP contribution in [0, 0.1) is 6.92 Å². The second kappa shape index (κ2) is 7.28. The lowest BCUT2D eigenvalue weighted by atomic mass is 10.1. The van der Waals surface area contributed by atoms with Crippen LogP contribution in [0.2, 0.25) is 0 Å². The Bertz CT molecular complexity index is 515. The minimum Gasteiger partial charge on any atom is -0.392 e. The molecule has 0 saturated carbocycles. The maximum absolute atomic E-state index is 12.1. The van der Waals surface area contributed by atoms with Gasteiger partial charge in [0.15, 0.2) is 0 Å². The van der Waals surface area contributed by atoms with E-state index in [1.807, 2.05) is 13.2 Å². The third-order valence-corrected chi connectivity index (χ3v) is 5.55. The third-order valence-electron chi connectivity index (χ3n) is 3.05. The van der Waals surface area contributed by atoms with Gasteiger partial charge in [0.05, 0.1) is 11.5 Å². The number of benzene rings is 1. The molecule has 0 bridgehead atoms. The molecule has 0 aliphatic heterocycles. The molecule has 0 aliphatic carbocycles. The van der Waals surface area contributed by atoms with Crippen LogP contribution in [-0.2, 0) is 16.6 Å². The lowest BCUT2D eigenvalue weighted by molar-refractivity contribution is 0.280. The van der Waals surface area contributed by atoms with Crippen LogP contribution in [0.25, 0.3) is 0 Å². The molecule has 0 spiro atoms. The minimum atomic E-state index is -3.48. The number of aliphatic hydroxyl groups excluding tert-OH is 1. The first-order valence-corrected chi connectivity index (χ1v) is 8.90. The summed E-state index contributed by atoms with van der Waals surface area (Å²) >= 11 is 1.71. The summed E-state index contributed by atoms with van der Waals surface area (Å²) < 4.78 is 26.8. The third kappa shape index (κ3) is 4.80. The van der Waals surface area contributed by atoms with Crippen LogP contribution in [-0.4, -0.2) is 31.6 Å². The number of aryl methyl sites for hydroxylation is 1. The standard InChI is InChI=1S/C13H21NO3S2/c1-10-4-5-13(8-12(10)9-15)19(16,17)14-7-6-11(2)18-3/h4-5,8,11,14-15H,6-7,9H2,1-3H3. The molecule has 1 unspecified atom stereocenters. The summed E-state index contributed by atoms with van der Waals surface area (Å²) in [6, 6.07) is 4.80. The van der Waals surface area contributed by atoms with Gasteiger partial charge in [0, 0.05) is 11.8 Å². The van der Waals surface area contributed by atoms with E-state index in [2.05, 4.69) is 11.6 Å². The highest BCUT2D eigenvalue weighted by atomic mass is 32.2. The SMILES string of the molecule is CSC(C)CCNS(=O)(=O)c1ccc(C)c(CO)c1. The van der Waals surface area contributed by atoms with Crippen molar-refractivity contribution in [1.82, 2.24) is 4.72 Å². The Labute approximate surface area is 119 Å². The molecule has 4 nitrogen and oxygen atoms in total. The van der Waals surface area contributed by atoms with Gasteiger partial charge in [-0.3, -0.25) is 0 Å². The van der Waals surface area contributed by atoms with E-state index in [1.54, 1.807) is 23.9 Å². The van der Waals surface area contributed by atoms with E-state index < -0.39 is 10.0 Å². The predicted octanol–water partition coefficient (Wildman–Crippen LogP) is 1.91. The van der Waals surface area contributed by atoms with Crippen molar-refractivity contribution in [2.24, 2.45) is 0 Å². The molecule has 0 heterocycles. The van der Waals surface area contributed by atoms with Gasteiger partial charge in [-0.05, 0) is 42.9 Å². The molecule has 0 amide bonds. The highest BCUT2D eigenvalue weighted by molar-refractivity contribution is 7.99. The van der Waals surface area contributed by atoms with Crippen LogP contribution in [0.4, 0.5) is 0 Å². The topological polar surface area (TPSA) is 66.4 Å². The van der Waals surface area contributed by atoms with E-state index >= 15 is 0 Å². The molecular weight excluding hydrogens is 282 g/mol. The summed E-state index contributed by atoms with van der Waals surface area (Å²) in [5.41, 5.74) is 1.53. The smallest absolute Gasteiger partial charge is 0.240 e. The summed E-state index contributed by atoms with van der Waals surface area (Å²) in [4.78, 5) is 0.207. The Morgan fingerprint density at radius 2 is 2.11 bits per heavy atom. The molecule has 0 aromatic heterocycles. The molecule has 19 heavy (non-hydrogen) atoms. The lowest BCUT2D eigenvalue weighted by Gasteiger charge is -2.11. The number of hydrogen-bond donors (Lipinski definition) is 2. The van der Waals surface area contributed by atoms with Crippen LogP contribution in [0.5, 0.6) is 0 Å². The van der Waals surface area contributed by atoms with Gasteiger partial charge in [-0.25, -0.2) is 13.1 Å². The molecule has 108 valence electrons. The van der Waals surface area contributed by atoms with E-state index in [4.69, 9.17) is 0 Å². The normalized spacial score (nSPS) is 13.5. The van der Waals surface area contributed by atoms with E-state index in [1.165, 1.54) is 6.07 Å². The van der Waals surface area contributed by atoms with Crippen molar-refractivity contribution in [2.75, 3.05) is 12.8 Å². The first-order chi connectivity index (χ1) is 8.90. The first-order valence-electron chi connectivity index (χ1n) is 6.13. The minimum absolute atomic E-state index is 0.154. The van der Waals surface area contributed by atoms with Crippen LogP contribution in [0.3, 0.4) is 0 Å². The Morgan fingerprint density at radius 1 is 1.42 bits per heavy atom. The zero-order chi connectivity index (χ0) is 14.5. The second-order valence-electron chi connectivity index (χ2n) is 4.48. The van der Waals surface area contributed by atoms with Gasteiger partial charge in [0.2, 0.25) is 10.0 Å². The molecule has 0 saturated heterocycles. The fourth-order valence-electron chi connectivity index (χ4n) is 1.58. The zero-order valence-corrected chi connectivity index (χ0v) is 13.1. The summed E-state index contributed by atoms with van der Waals surface area (Å²) in [5.74, 6) is 0. The van der Waals surface area contributed by atoms with E-state index in [0.29, 0.717) is 17.4 Å². The van der Waals surface area contributed by atoms with Crippen molar-refractivity contribution in [2.45, 2.75) is 37.0 Å². The number of aliphatic hydroxyl groups is 1. The van der Waals surface area contributed by atoms with Crippen molar-refractivity contribution in [3.63, 3.8) is 0 Å². The Morgan fingerprint density at radius 3 is 2.68 bits per heavy atom.